The number of unbranched alkanes of at least 4 members (excludes halogenated alkanes) is 1. The third kappa shape index (κ3) is 7.27. The van der Waals surface area contributed by atoms with Gasteiger partial charge in [0.15, 0.2) is 5.82 Å². The number of aromatic nitrogens is 4. The molecule has 1 aromatic heterocycles. The Morgan fingerprint density at radius 1 is 1.29 bits per heavy atom. The van der Waals surface area contributed by atoms with Crippen LogP contribution in [0.1, 0.15) is 36.7 Å². The van der Waals surface area contributed by atoms with Gasteiger partial charge >= 0.3 is 7.32 Å². The van der Waals surface area contributed by atoms with Crippen LogP contribution in [0.2, 0.25) is 0 Å². The van der Waals surface area contributed by atoms with Crippen molar-refractivity contribution in [1.82, 2.24) is 25.5 Å². The van der Waals surface area contributed by atoms with Crippen molar-refractivity contribution in [2.45, 2.75) is 38.4 Å². The van der Waals surface area contributed by atoms with E-state index in [1.165, 1.54) is 4.68 Å². The molecule has 0 radical (unpaired) electrons. The van der Waals surface area contributed by atoms with Crippen molar-refractivity contribution in [3.05, 3.63) is 41.2 Å². The van der Waals surface area contributed by atoms with Gasteiger partial charge in [-0.1, -0.05) is 0 Å². The minimum Gasteiger partial charge on any atom is -0.402 e. The van der Waals surface area contributed by atoms with Gasteiger partial charge in [-0.15, -0.1) is 5.10 Å². The van der Waals surface area contributed by atoms with E-state index in [-0.39, 0.29) is 25.3 Å². The number of carbonyl (C=O) groups excluding carboxylic acids is 1. The highest BCUT2D eigenvalue weighted by Crippen LogP contribution is 2.14. The summed E-state index contributed by atoms with van der Waals surface area (Å²) in [6, 6.07) is 2.47. The Balaban J connectivity index is 1.81. The van der Waals surface area contributed by atoms with Gasteiger partial charge in [-0.05, 0) is 47.4 Å². The third-order valence-corrected chi connectivity index (χ3v) is 3.77. The number of carbonyl (C=O) groups is 1. The Kier molecular flexibility index (Phi) is 8.38. The SMILES string of the molecule is NC(CCCCOB(O)O)c1nnnn1CC(=O)NCc1cc(F)cc(F)c1. The second-order valence-corrected chi connectivity index (χ2v) is 6.05. The van der Waals surface area contributed by atoms with E-state index < -0.39 is 30.9 Å². The molecule has 1 amide bonds. The quantitative estimate of drug-likeness (QED) is 0.290. The van der Waals surface area contributed by atoms with Gasteiger partial charge in [0, 0.05) is 19.2 Å². The fraction of sp³-hybridized carbons (Fsp3) is 0.467. The van der Waals surface area contributed by atoms with Gasteiger partial charge in [0.1, 0.15) is 18.2 Å². The highest BCUT2D eigenvalue weighted by Gasteiger charge is 2.17. The monoisotopic (exact) mass is 398 g/mol. The average Bonchev–Trinajstić information content (AvgIpc) is 3.06. The molecular formula is C15H21BF2N6O4. The lowest BCUT2D eigenvalue weighted by Gasteiger charge is -2.12. The molecule has 152 valence electrons. The topological polar surface area (TPSA) is 148 Å². The molecule has 2 aromatic rings. The first-order valence-electron chi connectivity index (χ1n) is 8.56. The molecule has 0 aliphatic heterocycles. The molecule has 10 nitrogen and oxygen atoms in total. The van der Waals surface area contributed by atoms with Gasteiger partial charge in [-0.25, -0.2) is 13.5 Å². The molecule has 1 heterocycles. The number of amides is 1. The summed E-state index contributed by atoms with van der Waals surface area (Å²) in [5, 5.41) is 30.8. The smallest absolute Gasteiger partial charge is 0.402 e. The van der Waals surface area contributed by atoms with E-state index in [0.717, 1.165) is 18.2 Å². The van der Waals surface area contributed by atoms with Crippen LogP contribution in [0.15, 0.2) is 18.2 Å². The molecule has 0 aliphatic rings. The van der Waals surface area contributed by atoms with E-state index in [9.17, 15) is 13.6 Å². The molecule has 1 aromatic carbocycles. The number of halogens is 2. The lowest BCUT2D eigenvalue weighted by atomic mass is 10.1. The lowest BCUT2D eigenvalue weighted by Crippen LogP contribution is -2.29. The van der Waals surface area contributed by atoms with Crippen LogP contribution in [-0.4, -0.2) is 50.1 Å². The molecule has 0 fully saturated rings. The van der Waals surface area contributed by atoms with E-state index in [4.69, 9.17) is 15.8 Å². The van der Waals surface area contributed by atoms with E-state index in [1.54, 1.807) is 0 Å². The minimum absolute atomic E-state index is 0.0479. The zero-order chi connectivity index (χ0) is 20.5. The number of nitrogens with zero attached hydrogens (tertiary/aromatic N) is 4. The molecule has 0 aliphatic carbocycles. The van der Waals surface area contributed by atoms with Crippen molar-refractivity contribution in [3.63, 3.8) is 0 Å². The maximum Gasteiger partial charge on any atom is 0.633 e. The summed E-state index contributed by atoms with van der Waals surface area (Å²) in [6.45, 7) is -0.0835. The predicted octanol–water partition coefficient (Wildman–Crippen LogP) is -0.576. The van der Waals surface area contributed by atoms with Crippen LogP contribution in [0, 0.1) is 11.6 Å². The summed E-state index contributed by atoms with van der Waals surface area (Å²) < 4.78 is 32.2. The highest BCUT2D eigenvalue weighted by molar-refractivity contribution is 6.32. The molecule has 5 N–H and O–H groups in total. The molecule has 0 saturated heterocycles. The molecule has 0 spiro atoms. The molecular weight excluding hydrogens is 377 g/mol. The van der Waals surface area contributed by atoms with Crippen LogP contribution in [0.5, 0.6) is 0 Å². The fourth-order valence-corrected chi connectivity index (χ4v) is 2.48. The number of nitrogens with one attached hydrogen (secondary N) is 1. The standard InChI is InChI=1S/C15H21BF2N6O4/c17-11-5-10(6-12(18)7-11)8-20-14(25)9-24-15(21-22-23-24)13(19)3-1-2-4-28-16(26)27/h5-7,13,26-27H,1-4,8-9,19H2,(H,20,25). The maximum atomic E-state index is 13.2. The largest absolute Gasteiger partial charge is 0.633 e. The summed E-state index contributed by atoms with van der Waals surface area (Å²) in [5.74, 6) is -1.58. The third-order valence-electron chi connectivity index (χ3n) is 3.77. The van der Waals surface area contributed by atoms with E-state index in [1.807, 2.05) is 0 Å². The van der Waals surface area contributed by atoms with Gasteiger partial charge in [-0.3, -0.25) is 4.79 Å². The normalized spacial score (nSPS) is 12.0. The zero-order valence-corrected chi connectivity index (χ0v) is 15.0. The van der Waals surface area contributed by atoms with Crippen LogP contribution < -0.4 is 11.1 Å². The van der Waals surface area contributed by atoms with E-state index in [0.29, 0.717) is 25.1 Å². The first-order chi connectivity index (χ1) is 13.3. The van der Waals surface area contributed by atoms with Gasteiger partial charge in [0.05, 0.1) is 6.04 Å². The number of nitrogens with two attached hydrogens (primary N) is 1. The van der Waals surface area contributed by atoms with Gasteiger partial charge < -0.3 is 25.8 Å². The number of rotatable bonds is 11. The first-order valence-corrected chi connectivity index (χ1v) is 8.56. The van der Waals surface area contributed by atoms with Crippen LogP contribution in [-0.2, 0) is 22.5 Å². The summed E-state index contributed by atoms with van der Waals surface area (Å²) in [6.07, 6.45) is 1.67. The van der Waals surface area contributed by atoms with Gasteiger partial charge in [0.25, 0.3) is 0 Å². The maximum absolute atomic E-state index is 13.2. The van der Waals surface area contributed by atoms with Crippen molar-refractivity contribution in [2.24, 2.45) is 5.73 Å². The zero-order valence-electron chi connectivity index (χ0n) is 15.0. The lowest BCUT2D eigenvalue weighted by molar-refractivity contribution is -0.122. The Bertz CT molecular complexity index is 758. The van der Waals surface area contributed by atoms with Crippen LogP contribution >= 0.6 is 0 Å². The summed E-state index contributed by atoms with van der Waals surface area (Å²) in [7, 11) is -1.80. The fourth-order valence-electron chi connectivity index (χ4n) is 2.48. The molecule has 2 rings (SSSR count). The van der Waals surface area contributed by atoms with Crippen LogP contribution in [0.3, 0.4) is 0 Å². The molecule has 0 bridgehead atoms. The Morgan fingerprint density at radius 3 is 2.68 bits per heavy atom. The second kappa shape index (κ2) is 10.8. The van der Waals surface area contributed by atoms with Crippen molar-refractivity contribution in [3.8, 4) is 0 Å². The minimum atomic E-state index is -1.80. The summed E-state index contributed by atoms with van der Waals surface area (Å²) in [5.41, 5.74) is 6.33. The number of hydrogen-bond acceptors (Lipinski definition) is 8. The second-order valence-electron chi connectivity index (χ2n) is 6.05. The van der Waals surface area contributed by atoms with Crippen molar-refractivity contribution in [2.75, 3.05) is 6.61 Å². The molecule has 0 saturated carbocycles. The van der Waals surface area contributed by atoms with Gasteiger partial charge in [0.2, 0.25) is 5.91 Å². The number of hydrogen-bond donors (Lipinski definition) is 4. The summed E-state index contributed by atoms with van der Waals surface area (Å²) in [4.78, 5) is 12.1. The molecule has 28 heavy (non-hydrogen) atoms. The Labute approximate surface area is 159 Å². The van der Waals surface area contributed by atoms with E-state index in [2.05, 4.69) is 25.5 Å². The summed E-state index contributed by atoms with van der Waals surface area (Å²) >= 11 is 0. The molecule has 1 unspecified atom stereocenters. The van der Waals surface area contributed by atoms with E-state index >= 15 is 0 Å². The number of benzene rings is 1. The van der Waals surface area contributed by atoms with Gasteiger partial charge in [-0.2, -0.15) is 0 Å². The average molecular weight is 398 g/mol. The number of tetrazole rings is 1. The van der Waals surface area contributed by atoms with Crippen LogP contribution in [0.4, 0.5) is 8.78 Å². The molecule has 1 atom stereocenters. The molecule has 13 heteroatoms. The van der Waals surface area contributed by atoms with Crippen LogP contribution in [0.25, 0.3) is 0 Å². The highest BCUT2D eigenvalue weighted by atomic mass is 19.1. The van der Waals surface area contributed by atoms with Crippen molar-refractivity contribution in [1.29, 1.82) is 0 Å². The Hall–Kier alpha value is -2.48. The Morgan fingerprint density at radius 2 is 2.00 bits per heavy atom. The first kappa shape index (κ1) is 21.8. The predicted molar refractivity (Wildman–Crippen MR) is 92.9 cm³/mol. The van der Waals surface area contributed by atoms with Crippen molar-refractivity contribution < 1.29 is 28.3 Å². The van der Waals surface area contributed by atoms with Crippen molar-refractivity contribution >= 4 is 13.2 Å².